The number of carbonyl (C=O) groups is 5. The van der Waals surface area contributed by atoms with Crippen LogP contribution in [0.15, 0.2) is 72.5 Å². The molecule has 0 spiro atoms. The summed E-state index contributed by atoms with van der Waals surface area (Å²) in [5, 5.41) is 23.7. The number of aryl methyl sites for hydroxylation is 1. The molecule has 0 saturated carbocycles. The first-order valence-corrected chi connectivity index (χ1v) is 16.3. The third-order valence-electron chi connectivity index (χ3n) is 7.27. The summed E-state index contributed by atoms with van der Waals surface area (Å²) < 4.78 is 32.7. The Labute approximate surface area is 293 Å². The molecule has 2 aliphatic rings. The number of carboxylic acid groups (broad SMARTS) is 2. The van der Waals surface area contributed by atoms with Crippen LogP contribution in [0.5, 0.6) is 0 Å². The van der Waals surface area contributed by atoms with Crippen LogP contribution in [0.4, 0.5) is 0 Å². The largest absolute Gasteiger partial charge is 0.477 e. The van der Waals surface area contributed by atoms with Crippen LogP contribution < -0.4 is 15.2 Å². The van der Waals surface area contributed by atoms with Crippen molar-refractivity contribution < 1.29 is 51.7 Å². The van der Waals surface area contributed by atoms with E-state index in [1.54, 1.807) is 59.4 Å². The number of aromatic amines is 1. The molecule has 0 aliphatic carbocycles. The second-order valence-corrected chi connectivity index (χ2v) is 13.0. The number of hydrogen-bond acceptors (Lipinski definition) is 9. The molecule has 3 atom stereocenters. The van der Waals surface area contributed by atoms with Gasteiger partial charge < -0.3 is 25.8 Å². The molecule has 0 unspecified atom stereocenters. The quantitative estimate of drug-likeness (QED) is 0.0601. The first-order chi connectivity index (χ1) is 21.8. The van der Waals surface area contributed by atoms with Crippen LogP contribution in [0.3, 0.4) is 0 Å². The Balaban J connectivity index is 0.00000500. The predicted molar refractivity (Wildman–Crippen MR) is 164 cm³/mol. The molecule has 241 valence electrons. The van der Waals surface area contributed by atoms with Gasteiger partial charge in [0.2, 0.25) is 5.91 Å². The summed E-state index contributed by atoms with van der Waals surface area (Å²) in [4.78, 5) is 70.7. The van der Waals surface area contributed by atoms with Gasteiger partial charge in [-0.15, -0.1) is 11.8 Å². The first kappa shape index (κ1) is 35.8. The Morgan fingerprint density at radius 2 is 1.77 bits per heavy atom. The van der Waals surface area contributed by atoms with E-state index in [1.807, 2.05) is 0 Å². The number of β-lactam (4-membered cyclic amide) rings is 1. The number of rotatable bonds is 12. The molecule has 4 heterocycles. The number of H-pyrrole nitrogens is 1. The summed E-state index contributed by atoms with van der Waals surface area (Å²) in [7, 11) is -4.12. The summed E-state index contributed by atoms with van der Waals surface area (Å²) in [6.07, 6.45) is 4.38. The summed E-state index contributed by atoms with van der Waals surface area (Å²) in [6.45, 7) is 0.119. The average molecular weight is 695 g/mol. The van der Waals surface area contributed by atoms with E-state index in [9.17, 15) is 42.6 Å². The zero-order chi connectivity index (χ0) is 33.2. The number of imidazole rings is 1. The molecule has 2 aromatic heterocycles. The summed E-state index contributed by atoms with van der Waals surface area (Å²) in [6, 6.07) is 8.91. The topological polar surface area (TPSA) is 240 Å². The van der Waals surface area contributed by atoms with Crippen molar-refractivity contribution in [1.82, 2.24) is 25.5 Å². The van der Waals surface area contributed by atoms with E-state index in [4.69, 9.17) is 4.55 Å². The van der Waals surface area contributed by atoms with Gasteiger partial charge in [-0.2, -0.15) is 8.42 Å². The van der Waals surface area contributed by atoms with Crippen molar-refractivity contribution in [2.75, 3.05) is 11.5 Å². The molecule has 3 aromatic rings. The zero-order valence-electron chi connectivity index (χ0n) is 24.7. The van der Waals surface area contributed by atoms with Crippen LogP contribution in [0.2, 0.25) is 0 Å². The molecule has 16 nitrogen and oxygen atoms in total. The molecule has 2 aliphatic heterocycles. The monoisotopic (exact) mass is 694 g/mol. The van der Waals surface area contributed by atoms with Gasteiger partial charge in [-0.3, -0.25) is 23.8 Å². The predicted octanol–water partition coefficient (Wildman–Crippen LogP) is -0.645. The van der Waals surface area contributed by atoms with E-state index >= 15 is 0 Å². The summed E-state index contributed by atoms with van der Waals surface area (Å²) >= 11 is 1.25. The smallest absolute Gasteiger partial charge is 0.354 e. The number of thioether (sulfide) groups is 1. The fourth-order valence-electron chi connectivity index (χ4n) is 5.04. The fraction of sp³-hybridized carbons (Fsp3) is 0.250. The average Bonchev–Trinajstić information content (AvgIpc) is 3.52. The molecule has 6 N–H and O–H groups in total. The maximum atomic E-state index is 13.5. The van der Waals surface area contributed by atoms with Crippen molar-refractivity contribution in [2.24, 2.45) is 0 Å². The van der Waals surface area contributed by atoms with Gasteiger partial charge in [-0.25, -0.2) is 19.1 Å². The third-order valence-corrected chi connectivity index (χ3v) is 9.33. The summed E-state index contributed by atoms with van der Waals surface area (Å²) in [5.74, 6) is -5.35. The number of aromatic carboxylic acids is 1. The Morgan fingerprint density at radius 3 is 2.38 bits per heavy atom. The van der Waals surface area contributed by atoms with E-state index in [0.717, 1.165) is 11.2 Å². The molecular weight excluding hydrogens is 667 g/mol. The van der Waals surface area contributed by atoms with Gasteiger partial charge in [-0.05, 0) is 17.5 Å². The van der Waals surface area contributed by atoms with Crippen molar-refractivity contribution in [1.29, 1.82) is 0 Å². The molecule has 1 fully saturated rings. The fourth-order valence-corrected chi connectivity index (χ4v) is 6.87. The van der Waals surface area contributed by atoms with Gasteiger partial charge in [0.1, 0.15) is 23.2 Å². The van der Waals surface area contributed by atoms with Crippen molar-refractivity contribution in [3.63, 3.8) is 0 Å². The molecular formula is C28H27N6NaO10S2+. The standard InChI is InChI=1S/C28H26N6O10S2.Na/c35-23(18(16-4-2-1-3-5-16)31-24(36)19-20(27(38)39)30-14-29-19)32-21-25(37)34-22(28(40)41)17(13-45-26(21)34)12-33-9-6-15(7-10-33)8-11-46(42,43)44;/h1-7,9-10,14,18,21,26H,8,11-13H2,(H5-,29,30,31,32,35,36,38,39,40,41,42,43,44);/p+1/t18-,21-,26-;/m1./s1. The van der Waals surface area contributed by atoms with Crippen molar-refractivity contribution in [3.8, 4) is 0 Å². The Kier molecular flexibility index (Phi) is 11.3. The summed E-state index contributed by atoms with van der Waals surface area (Å²) in [5.41, 5.74) is 0.301. The maximum absolute atomic E-state index is 13.5. The van der Waals surface area contributed by atoms with Gasteiger partial charge in [0.05, 0.1) is 12.1 Å². The molecule has 1 saturated heterocycles. The number of aromatic nitrogens is 3. The number of amides is 3. The Morgan fingerprint density at radius 1 is 1.09 bits per heavy atom. The second-order valence-electron chi connectivity index (χ2n) is 10.3. The zero-order valence-corrected chi connectivity index (χ0v) is 28.3. The minimum Gasteiger partial charge on any atom is -0.477 e. The maximum Gasteiger partial charge on any atom is 0.354 e. The van der Waals surface area contributed by atoms with Crippen molar-refractivity contribution in [2.45, 2.75) is 30.4 Å². The van der Waals surface area contributed by atoms with E-state index in [1.165, 1.54) is 11.8 Å². The van der Waals surface area contributed by atoms with Crippen LogP contribution in [0.25, 0.3) is 0 Å². The molecule has 3 amide bonds. The van der Waals surface area contributed by atoms with E-state index in [2.05, 4.69) is 20.6 Å². The Hall–Kier alpha value is -4.07. The number of benzene rings is 1. The van der Waals surface area contributed by atoms with E-state index in [-0.39, 0.29) is 54.0 Å². The third kappa shape index (κ3) is 8.09. The van der Waals surface area contributed by atoms with Crippen LogP contribution in [-0.2, 0) is 37.5 Å². The number of pyridine rings is 1. The number of carbonyl (C=O) groups excluding carboxylic acids is 3. The normalized spacial score (nSPS) is 17.9. The molecule has 5 rings (SSSR count). The van der Waals surface area contributed by atoms with Gasteiger partial charge in [0.15, 0.2) is 30.3 Å². The number of nitrogens with one attached hydrogen (secondary N) is 3. The van der Waals surface area contributed by atoms with Crippen molar-refractivity contribution in [3.05, 3.63) is 95.0 Å². The van der Waals surface area contributed by atoms with Gasteiger partial charge in [-0.1, -0.05) is 30.3 Å². The van der Waals surface area contributed by atoms with Crippen LogP contribution in [0.1, 0.15) is 38.1 Å². The number of nitrogens with zero attached hydrogens (tertiary/aromatic N) is 3. The number of hydrogen-bond donors (Lipinski definition) is 6. The molecule has 1 aromatic carbocycles. The molecule has 1 radical (unpaired) electrons. The first-order valence-electron chi connectivity index (χ1n) is 13.6. The number of carboxylic acids is 2. The number of fused-ring (bicyclic) bond motifs is 1. The van der Waals surface area contributed by atoms with Gasteiger partial charge in [0, 0.05) is 53.0 Å². The minimum absolute atomic E-state index is 0. The van der Waals surface area contributed by atoms with E-state index in [0.29, 0.717) is 16.7 Å². The van der Waals surface area contributed by atoms with Gasteiger partial charge in [0.25, 0.3) is 21.9 Å². The molecule has 47 heavy (non-hydrogen) atoms. The minimum atomic E-state index is -4.12. The molecule has 0 bridgehead atoms. The van der Waals surface area contributed by atoms with Crippen LogP contribution in [0, 0.1) is 0 Å². The van der Waals surface area contributed by atoms with Crippen LogP contribution in [-0.4, -0.2) is 120 Å². The van der Waals surface area contributed by atoms with Crippen LogP contribution >= 0.6 is 11.8 Å². The number of aliphatic carboxylic acids is 1. The van der Waals surface area contributed by atoms with E-state index < -0.39 is 74.4 Å². The van der Waals surface area contributed by atoms with Crippen molar-refractivity contribution >= 4 is 81.1 Å². The Bertz CT molecular complexity index is 1850. The SMILES string of the molecule is O=C(O)C1=C(C[n+]2ccc(CCS(=O)(=O)O)cc2)CS[C@@H]2[C@H](NC(=O)[C@H](NC(=O)c3nc[nH]c3C(=O)O)c3ccccc3)C(=O)N12.[Na]. The molecule has 19 heteroatoms. The van der Waals surface area contributed by atoms with Gasteiger partial charge >= 0.3 is 11.9 Å². The second kappa shape index (κ2) is 14.8.